The van der Waals surface area contributed by atoms with Crippen molar-refractivity contribution >= 4 is 16.7 Å². The van der Waals surface area contributed by atoms with Crippen LogP contribution in [-0.2, 0) is 13.2 Å². The van der Waals surface area contributed by atoms with E-state index in [4.69, 9.17) is 9.15 Å². The van der Waals surface area contributed by atoms with E-state index in [1.807, 2.05) is 70.4 Å². The van der Waals surface area contributed by atoms with E-state index in [-0.39, 0.29) is 23.7 Å². The second-order valence-electron chi connectivity index (χ2n) is 8.12. The molecular formula is C26H24N2O4. The van der Waals surface area contributed by atoms with Gasteiger partial charge < -0.3 is 18.6 Å². The average Bonchev–Trinajstić information content (AvgIpc) is 3.48. The number of fused-ring (bicyclic) bond motifs is 1. The van der Waals surface area contributed by atoms with Crippen LogP contribution in [0.5, 0.6) is 5.75 Å². The van der Waals surface area contributed by atoms with Gasteiger partial charge in [0.1, 0.15) is 18.6 Å². The molecule has 0 atom stereocenters. The molecule has 162 valence electrons. The predicted molar refractivity (Wildman–Crippen MR) is 122 cm³/mol. The van der Waals surface area contributed by atoms with Gasteiger partial charge in [0.2, 0.25) is 11.2 Å². The van der Waals surface area contributed by atoms with Gasteiger partial charge in [-0.3, -0.25) is 9.59 Å². The summed E-state index contributed by atoms with van der Waals surface area (Å²) in [6, 6.07) is 16.9. The van der Waals surface area contributed by atoms with Crippen molar-refractivity contribution in [2.75, 3.05) is 13.1 Å². The smallest absolute Gasteiger partial charge is 0.253 e. The fourth-order valence-electron chi connectivity index (χ4n) is 4.05. The minimum Gasteiger partial charge on any atom is -0.482 e. The highest BCUT2D eigenvalue weighted by Gasteiger charge is 2.19. The monoisotopic (exact) mass is 428 g/mol. The van der Waals surface area contributed by atoms with E-state index in [0.29, 0.717) is 17.9 Å². The number of likely N-dealkylation sites (tertiary alicyclic amines) is 1. The fourth-order valence-corrected chi connectivity index (χ4v) is 4.05. The van der Waals surface area contributed by atoms with Crippen molar-refractivity contribution < 1.29 is 13.9 Å². The second-order valence-corrected chi connectivity index (χ2v) is 8.12. The van der Waals surface area contributed by atoms with E-state index < -0.39 is 0 Å². The molecule has 0 saturated carbocycles. The van der Waals surface area contributed by atoms with Gasteiger partial charge in [-0.25, -0.2) is 0 Å². The Bertz CT molecular complexity index is 1260. The van der Waals surface area contributed by atoms with Crippen LogP contribution >= 0.6 is 0 Å². The Kier molecular flexibility index (Phi) is 5.50. The van der Waals surface area contributed by atoms with Crippen molar-refractivity contribution in [1.29, 1.82) is 0 Å². The zero-order chi connectivity index (χ0) is 21.9. The summed E-state index contributed by atoms with van der Waals surface area (Å²) in [4.78, 5) is 26.8. The number of hydrogen-bond donors (Lipinski definition) is 0. The number of nitrogens with zero attached hydrogens (tertiary/aromatic N) is 2. The highest BCUT2D eigenvalue weighted by molar-refractivity contribution is 5.94. The molecule has 0 bridgehead atoms. The first-order valence-corrected chi connectivity index (χ1v) is 10.8. The van der Waals surface area contributed by atoms with E-state index >= 15 is 0 Å². The first-order chi connectivity index (χ1) is 15.7. The minimum absolute atomic E-state index is 0.0711. The van der Waals surface area contributed by atoms with Gasteiger partial charge in [0.15, 0.2) is 0 Å². The molecule has 1 aliphatic rings. The van der Waals surface area contributed by atoms with Crippen LogP contribution in [0.1, 0.15) is 34.5 Å². The van der Waals surface area contributed by atoms with Gasteiger partial charge in [-0.2, -0.15) is 0 Å². The van der Waals surface area contributed by atoms with Crippen molar-refractivity contribution in [1.82, 2.24) is 9.47 Å². The summed E-state index contributed by atoms with van der Waals surface area (Å²) >= 11 is 0. The molecule has 2 aromatic carbocycles. The maximum Gasteiger partial charge on any atom is 0.253 e. The van der Waals surface area contributed by atoms with Gasteiger partial charge in [0.05, 0.1) is 6.54 Å². The lowest BCUT2D eigenvalue weighted by Crippen LogP contribution is -2.27. The molecular weight excluding hydrogens is 404 g/mol. The van der Waals surface area contributed by atoms with Gasteiger partial charge in [0, 0.05) is 37.1 Å². The van der Waals surface area contributed by atoms with Gasteiger partial charge >= 0.3 is 0 Å². The molecule has 6 heteroatoms. The van der Waals surface area contributed by atoms with E-state index in [9.17, 15) is 9.59 Å². The molecule has 4 aromatic rings. The maximum atomic E-state index is 12.5. The predicted octanol–water partition coefficient (Wildman–Crippen LogP) is 4.46. The number of amides is 1. The molecule has 1 fully saturated rings. The lowest BCUT2D eigenvalue weighted by molar-refractivity contribution is 0.0793. The van der Waals surface area contributed by atoms with Crippen LogP contribution in [0.25, 0.3) is 10.8 Å². The first kappa shape index (κ1) is 20.1. The van der Waals surface area contributed by atoms with E-state index in [0.717, 1.165) is 42.3 Å². The van der Waals surface area contributed by atoms with E-state index in [1.54, 1.807) is 0 Å². The van der Waals surface area contributed by atoms with Crippen molar-refractivity contribution in [3.05, 3.63) is 100 Å². The third kappa shape index (κ3) is 4.30. The Hall–Kier alpha value is -3.80. The minimum atomic E-state index is -0.219. The number of carbonyl (C=O) groups excluding carboxylic acids is 1. The number of carbonyl (C=O) groups is 1. The lowest BCUT2D eigenvalue weighted by atomic mass is 10.1. The maximum absolute atomic E-state index is 12.5. The molecule has 1 saturated heterocycles. The molecule has 0 spiro atoms. The Morgan fingerprint density at radius 3 is 2.31 bits per heavy atom. The molecule has 0 N–H and O–H groups in total. The summed E-state index contributed by atoms with van der Waals surface area (Å²) in [6.45, 7) is 2.36. The summed E-state index contributed by atoms with van der Waals surface area (Å²) in [7, 11) is 0. The van der Waals surface area contributed by atoms with E-state index in [1.165, 1.54) is 12.3 Å². The van der Waals surface area contributed by atoms with Crippen molar-refractivity contribution in [2.24, 2.45) is 0 Å². The second kappa shape index (κ2) is 8.75. The summed E-state index contributed by atoms with van der Waals surface area (Å²) in [5, 5.41) is 2.28. The first-order valence-electron chi connectivity index (χ1n) is 10.8. The van der Waals surface area contributed by atoms with Gasteiger partial charge in [-0.15, -0.1) is 0 Å². The zero-order valence-corrected chi connectivity index (χ0v) is 17.7. The Morgan fingerprint density at radius 1 is 0.969 bits per heavy atom. The third-order valence-electron chi connectivity index (χ3n) is 5.79. The van der Waals surface area contributed by atoms with Crippen molar-refractivity contribution in [3.63, 3.8) is 0 Å². The molecule has 0 radical (unpaired) electrons. The molecule has 1 aliphatic heterocycles. The summed E-state index contributed by atoms with van der Waals surface area (Å²) in [5.41, 5.74) is 1.34. The topological polar surface area (TPSA) is 64.7 Å². The zero-order valence-electron chi connectivity index (χ0n) is 17.7. The highest BCUT2D eigenvalue weighted by atomic mass is 16.5. The van der Waals surface area contributed by atoms with Crippen molar-refractivity contribution in [2.45, 2.75) is 26.0 Å². The molecule has 6 nitrogen and oxygen atoms in total. The lowest BCUT2D eigenvalue weighted by Gasteiger charge is -2.15. The Morgan fingerprint density at radius 2 is 1.66 bits per heavy atom. The summed E-state index contributed by atoms with van der Waals surface area (Å²) in [5.74, 6) is 0.804. The summed E-state index contributed by atoms with van der Waals surface area (Å²) < 4.78 is 13.3. The molecule has 0 unspecified atom stereocenters. The van der Waals surface area contributed by atoms with Gasteiger partial charge in [-0.1, -0.05) is 36.4 Å². The molecule has 0 aliphatic carbocycles. The average molecular weight is 428 g/mol. The number of aromatic nitrogens is 1. The molecule has 1 amide bonds. The summed E-state index contributed by atoms with van der Waals surface area (Å²) in [6.07, 6.45) is 7.56. The van der Waals surface area contributed by atoms with Crippen molar-refractivity contribution in [3.8, 4) is 5.75 Å². The number of benzene rings is 2. The SMILES string of the molecule is O=C(c1ccc(COc2coc(Cn3cc4ccccc4c3)cc2=O)cc1)N1CCCC1. The van der Waals surface area contributed by atoms with Crippen LogP contribution < -0.4 is 10.2 Å². The Labute approximate surface area is 185 Å². The Balaban J connectivity index is 1.21. The largest absolute Gasteiger partial charge is 0.482 e. The molecule has 32 heavy (non-hydrogen) atoms. The van der Waals surface area contributed by atoms with Crippen LogP contribution in [0.15, 0.2) is 82.5 Å². The van der Waals surface area contributed by atoms with Gasteiger partial charge in [0.25, 0.3) is 5.91 Å². The quantitative estimate of drug-likeness (QED) is 0.455. The van der Waals surface area contributed by atoms with Crippen LogP contribution in [0.4, 0.5) is 0 Å². The van der Waals surface area contributed by atoms with Crippen LogP contribution in [-0.4, -0.2) is 28.5 Å². The van der Waals surface area contributed by atoms with Crippen LogP contribution in [0.2, 0.25) is 0 Å². The van der Waals surface area contributed by atoms with E-state index in [2.05, 4.69) is 0 Å². The number of rotatable bonds is 6. The fraction of sp³-hybridized carbons (Fsp3) is 0.231. The van der Waals surface area contributed by atoms with Gasteiger partial charge in [-0.05, 0) is 41.3 Å². The van der Waals surface area contributed by atoms with Crippen LogP contribution in [0.3, 0.4) is 0 Å². The number of ether oxygens (including phenoxy) is 1. The standard InChI is InChI=1S/C26H24N2O4/c29-24-13-23(16-27-14-21-5-1-2-6-22(21)15-27)31-18-25(24)32-17-19-7-9-20(10-8-19)26(30)28-11-3-4-12-28/h1-2,5-10,13-15,18H,3-4,11-12,16-17H2. The number of hydrogen-bond acceptors (Lipinski definition) is 4. The molecule has 5 rings (SSSR count). The van der Waals surface area contributed by atoms with Crippen LogP contribution in [0, 0.1) is 0 Å². The molecule has 3 heterocycles. The third-order valence-corrected chi connectivity index (χ3v) is 5.79. The normalized spacial score (nSPS) is 13.6. The molecule has 2 aromatic heterocycles. The highest BCUT2D eigenvalue weighted by Crippen LogP contribution is 2.17.